The minimum absolute atomic E-state index is 0.116. The number of carbonyl (C=O) groups is 2. The maximum atomic E-state index is 12.1. The number of hydrogen-bond acceptors (Lipinski definition) is 5. The standard InChI is InChI=1S/C18H23N5O3/c1-3-15-21-16(26-22-15)9-10-19-18(25)20-13-5-4-6-14(11-13)23-12(2)7-8-17(23)24/h4-6,11-12H,3,7-10H2,1-2H3,(H2,19,20,25). The molecule has 26 heavy (non-hydrogen) atoms. The van der Waals surface area contributed by atoms with Crippen LogP contribution in [0, 0.1) is 0 Å². The third-order valence-corrected chi connectivity index (χ3v) is 4.32. The van der Waals surface area contributed by atoms with Crippen LogP contribution in [0.25, 0.3) is 0 Å². The Kier molecular flexibility index (Phi) is 5.50. The number of aryl methyl sites for hydroxylation is 1. The Morgan fingerprint density at radius 1 is 1.42 bits per heavy atom. The third-order valence-electron chi connectivity index (χ3n) is 4.32. The van der Waals surface area contributed by atoms with Crippen molar-refractivity contribution in [3.63, 3.8) is 0 Å². The van der Waals surface area contributed by atoms with E-state index in [0.717, 1.165) is 12.1 Å². The van der Waals surface area contributed by atoms with Crippen LogP contribution < -0.4 is 15.5 Å². The van der Waals surface area contributed by atoms with Gasteiger partial charge in [0.25, 0.3) is 0 Å². The van der Waals surface area contributed by atoms with Gasteiger partial charge < -0.3 is 20.1 Å². The molecule has 0 saturated carbocycles. The number of amides is 3. The van der Waals surface area contributed by atoms with Crippen LogP contribution >= 0.6 is 0 Å². The van der Waals surface area contributed by atoms with Crippen molar-refractivity contribution >= 4 is 23.3 Å². The summed E-state index contributed by atoms with van der Waals surface area (Å²) < 4.78 is 5.08. The number of rotatable bonds is 6. The Morgan fingerprint density at radius 3 is 2.96 bits per heavy atom. The average Bonchev–Trinajstić information content (AvgIpc) is 3.21. The van der Waals surface area contributed by atoms with E-state index >= 15 is 0 Å². The molecule has 1 aromatic carbocycles. The zero-order valence-corrected chi connectivity index (χ0v) is 15.0. The Labute approximate surface area is 151 Å². The van der Waals surface area contributed by atoms with Gasteiger partial charge in [0, 0.05) is 43.2 Å². The van der Waals surface area contributed by atoms with E-state index in [4.69, 9.17) is 4.52 Å². The first-order valence-electron chi connectivity index (χ1n) is 8.85. The van der Waals surface area contributed by atoms with Crippen LogP contribution in [0.4, 0.5) is 16.2 Å². The van der Waals surface area contributed by atoms with Gasteiger partial charge in [0.05, 0.1) is 0 Å². The van der Waals surface area contributed by atoms with Crippen LogP contribution in [0.5, 0.6) is 0 Å². The van der Waals surface area contributed by atoms with E-state index in [1.807, 2.05) is 32.0 Å². The second-order valence-electron chi connectivity index (χ2n) is 6.29. The predicted octanol–water partition coefficient (Wildman–Crippen LogP) is 2.51. The van der Waals surface area contributed by atoms with Gasteiger partial charge in [0.2, 0.25) is 11.8 Å². The molecule has 1 saturated heterocycles. The summed E-state index contributed by atoms with van der Waals surface area (Å²) in [6.45, 7) is 4.36. The lowest BCUT2D eigenvalue weighted by molar-refractivity contribution is -0.117. The summed E-state index contributed by atoms with van der Waals surface area (Å²) >= 11 is 0. The van der Waals surface area contributed by atoms with Gasteiger partial charge in [0.15, 0.2) is 5.82 Å². The first-order chi connectivity index (χ1) is 12.6. The zero-order valence-electron chi connectivity index (χ0n) is 15.0. The second kappa shape index (κ2) is 7.99. The monoisotopic (exact) mass is 357 g/mol. The third kappa shape index (κ3) is 4.19. The van der Waals surface area contributed by atoms with Gasteiger partial charge in [-0.2, -0.15) is 4.98 Å². The van der Waals surface area contributed by atoms with Crippen LogP contribution in [-0.2, 0) is 17.6 Å². The number of nitrogens with zero attached hydrogens (tertiary/aromatic N) is 3. The molecule has 0 spiro atoms. The molecule has 0 aliphatic carbocycles. The van der Waals surface area contributed by atoms with Gasteiger partial charge in [-0.25, -0.2) is 4.79 Å². The molecule has 0 bridgehead atoms. The molecule has 0 radical (unpaired) electrons. The lowest BCUT2D eigenvalue weighted by atomic mass is 10.2. The number of urea groups is 1. The molecule has 8 nitrogen and oxygen atoms in total. The molecule has 2 aromatic rings. The van der Waals surface area contributed by atoms with Crippen LogP contribution in [-0.4, -0.2) is 34.7 Å². The van der Waals surface area contributed by atoms with Crippen LogP contribution in [0.3, 0.4) is 0 Å². The lowest BCUT2D eigenvalue weighted by Crippen LogP contribution is -2.32. The average molecular weight is 357 g/mol. The van der Waals surface area contributed by atoms with Crippen molar-refractivity contribution in [2.24, 2.45) is 0 Å². The summed E-state index contributed by atoms with van der Waals surface area (Å²) in [5, 5.41) is 9.35. The highest BCUT2D eigenvalue weighted by atomic mass is 16.5. The molecular formula is C18H23N5O3. The fourth-order valence-corrected chi connectivity index (χ4v) is 2.95. The Balaban J connectivity index is 1.52. The number of nitrogens with one attached hydrogen (secondary N) is 2. The Morgan fingerprint density at radius 2 is 2.27 bits per heavy atom. The van der Waals surface area contributed by atoms with Crippen LogP contribution in [0.1, 0.15) is 38.4 Å². The second-order valence-corrected chi connectivity index (χ2v) is 6.29. The van der Waals surface area contributed by atoms with Gasteiger partial charge in [0.1, 0.15) is 0 Å². The largest absolute Gasteiger partial charge is 0.339 e. The number of anilines is 2. The molecule has 1 atom stereocenters. The van der Waals surface area contributed by atoms with Gasteiger partial charge in [-0.3, -0.25) is 4.79 Å². The molecule has 1 unspecified atom stereocenters. The van der Waals surface area contributed by atoms with Crippen molar-refractivity contribution in [2.45, 2.75) is 45.6 Å². The highest BCUT2D eigenvalue weighted by Gasteiger charge is 2.28. The fourth-order valence-electron chi connectivity index (χ4n) is 2.95. The Hall–Kier alpha value is -2.90. The summed E-state index contributed by atoms with van der Waals surface area (Å²) in [5.41, 5.74) is 1.44. The van der Waals surface area contributed by atoms with Gasteiger partial charge in [-0.15, -0.1) is 0 Å². The maximum absolute atomic E-state index is 12.1. The minimum atomic E-state index is -0.321. The summed E-state index contributed by atoms with van der Waals surface area (Å²) in [6, 6.07) is 7.16. The molecule has 138 valence electrons. The molecule has 1 fully saturated rings. The topological polar surface area (TPSA) is 100 Å². The summed E-state index contributed by atoms with van der Waals surface area (Å²) in [7, 11) is 0. The van der Waals surface area contributed by atoms with E-state index < -0.39 is 0 Å². The van der Waals surface area contributed by atoms with Crippen LogP contribution in [0.2, 0.25) is 0 Å². The SMILES string of the molecule is CCc1noc(CCNC(=O)Nc2cccc(N3C(=O)CCC3C)c2)n1. The predicted molar refractivity (Wildman–Crippen MR) is 97.0 cm³/mol. The molecule has 1 aliphatic heterocycles. The van der Waals surface area contributed by atoms with Gasteiger partial charge in [-0.1, -0.05) is 18.1 Å². The highest BCUT2D eigenvalue weighted by Crippen LogP contribution is 2.28. The molecule has 8 heteroatoms. The lowest BCUT2D eigenvalue weighted by Gasteiger charge is -2.22. The first kappa shape index (κ1) is 17.9. The van der Waals surface area contributed by atoms with E-state index in [1.54, 1.807) is 11.0 Å². The molecule has 1 aliphatic rings. The van der Waals surface area contributed by atoms with Crippen molar-refractivity contribution in [1.29, 1.82) is 0 Å². The normalized spacial score (nSPS) is 16.8. The molecule has 1 aromatic heterocycles. The fraction of sp³-hybridized carbons (Fsp3) is 0.444. The van der Waals surface area contributed by atoms with Crippen molar-refractivity contribution in [2.75, 3.05) is 16.8 Å². The van der Waals surface area contributed by atoms with Crippen LogP contribution in [0.15, 0.2) is 28.8 Å². The molecule has 3 amide bonds. The number of aromatic nitrogens is 2. The minimum Gasteiger partial charge on any atom is -0.339 e. The maximum Gasteiger partial charge on any atom is 0.319 e. The summed E-state index contributed by atoms with van der Waals surface area (Å²) in [4.78, 5) is 30.1. The Bertz CT molecular complexity index is 789. The van der Waals surface area contributed by atoms with E-state index in [2.05, 4.69) is 20.8 Å². The quantitative estimate of drug-likeness (QED) is 0.827. The van der Waals surface area contributed by atoms with Crippen molar-refractivity contribution in [1.82, 2.24) is 15.5 Å². The van der Waals surface area contributed by atoms with Crippen molar-refractivity contribution in [3.8, 4) is 0 Å². The van der Waals surface area contributed by atoms with E-state index in [-0.39, 0.29) is 18.0 Å². The highest BCUT2D eigenvalue weighted by molar-refractivity contribution is 5.97. The van der Waals surface area contributed by atoms with Gasteiger partial charge >= 0.3 is 6.03 Å². The smallest absolute Gasteiger partial charge is 0.319 e. The number of hydrogen-bond donors (Lipinski definition) is 2. The van der Waals surface area contributed by atoms with E-state index in [0.29, 0.717) is 43.2 Å². The van der Waals surface area contributed by atoms with Gasteiger partial charge in [-0.05, 0) is 31.5 Å². The number of carbonyl (C=O) groups excluding carboxylic acids is 2. The van der Waals surface area contributed by atoms with E-state index in [1.165, 1.54) is 0 Å². The van der Waals surface area contributed by atoms with E-state index in [9.17, 15) is 9.59 Å². The van der Waals surface area contributed by atoms with Crippen molar-refractivity contribution in [3.05, 3.63) is 36.0 Å². The molecule has 2 heterocycles. The zero-order chi connectivity index (χ0) is 18.5. The molecular weight excluding hydrogens is 334 g/mol. The summed E-state index contributed by atoms with van der Waals surface area (Å²) in [6.07, 6.45) is 2.60. The van der Waals surface area contributed by atoms with Crippen molar-refractivity contribution < 1.29 is 14.1 Å². The first-order valence-corrected chi connectivity index (χ1v) is 8.85. The number of benzene rings is 1. The summed E-state index contributed by atoms with van der Waals surface area (Å²) in [5.74, 6) is 1.28. The molecule has 2 N–H and O–H groups in total. The molecule has 3 rings (SSSR count).